The van der Waals surface area contributed by atoms with E-state index in [2.05, 4.69) is 15.1 Å². The van der Waals surface area contributed by atoms with Crippen molar-refractivity contribution in [2.24, 2.45) is 0 Å². The Labute approximate surface area is 196 Å². The first-order valence-corrected chi connectivity index (χ1v) is 11.3. The molecule has 2 unspecified atom stereocenters. The van der Waals surface area contributed by atoms with Gasteiger partial charge in [0.25, 0.3) is 0 Å². The molecule has 2 aromatic heterocycles. The summed E-state index contributed by atoms with van der Waals surface area (Å²) in [5, 5.41) is 14.7. The Morgan fingerprint density at radius 2 is 1.97 bits per heavy atom. The average Bonchev–Trinajstić information content (AvgIpc) is 3.13. The van der Waals surface area contributed by atoms with E-state index in [1.807, 2.05) is 11.8 Å². The number of alkyl halides is 1. The van der Waals surface area contributed by atoms with Gasteiger partial charge in [0, 0.05) is 36.7 Å². The highest BCUT2D eigenvalue weighted by atomic mass is 35.5. The molecule has 0 amide bonds. The quantitative estimate of drug-likeness (QED) is 0.542. The molecule has 0 saturated carbocycles. The van der Waals surface area contributed by atoms with Gasteiger partial charge < -0.3 is 9.84 Å². The Balaban J connectivity index is 1.81. The number of β-amino-alcohol motifs (C(OH)–C–C–N with tert-alkyl or cyclic N) is 1. The lowest BCUT2D eigenvalue weighted by atomic mass is 9.87. The summed E-state index contributed by atoms with van der Waals surface area (Å²) in [5.41, 5.74) is 2.43. The maximum atomic E-state index is 15.2. The van der Waals surface area contributed by atoms with Gasteiger partial charge in [0.15, 0.2) is 5.65 Å². The number of fused-ring (bicyclic) bond motifs is 1. The number of aliphatic hydroxyl groups is 1. The summed E-state index contributed by atoms with van der Waals surface area (Å²) in [7, 11) is 1.50. The zero-order valence-electron chi connectivity index (χ0n) is 19.3. The number of hydrogen-bond acceptors (Lipinski definition) is 6. The van der Waals surface area contributed by atoms with Crippen LogP contribution in [0.1, 0.15) is 61.4 Å². The fourth-order valence-corrected chi connectivity index (χ4v) is 4.87. The predicted octanol–water partition coefficient (Wildman–Crippen LogP) is 4.36. The molecular weight excluding hydrogens is 452 g/mol. The van der Waals surface area contributed by atoms with Gasteiger partial charge in [0.2, 0.25) is 0 Å². The first-order valence-electron chi connectivity index (χ1n) is 10.9. The van der Waals surface area contributed by atoms with E-state index in [9.17, 15) is 9.50 Å². The van der Waals surface area contributed by atoms with E-state index in [0.29, 0.717) is 53.2 Å². The number of aliphatic hydroxyl groups excluding tert-OH is 1. The molecule has 1 aliphatic heterocycles. The van der Waals surface area contributed by atoms with Crippen molar-refractivity contribution in [1.82, 2.24) is 24.6 Å². The van der Waals surface area contributed by atoms with Crippen molar-refractivity contribution in [3.8, 4) is 5.75 Å². The normalized spacial score (nSPS) is 17.7. The number of nitrogens with zero attached hydrogens (tertiary/aromatic N) is 5. The molecule has 1 fully saturated rings. The molecule has 0 radical (unpaired) electrons. The molecule has 0 aliphatic carbocycles. The van der Waals surface area contributed by atoms with Crippen molar-refractivity contribution in [3.05, 3.63) is 45.7 Å². The average molecular weight is 480 g/mol. The van der Waals surface area contributed by atoms with Crippen LogP contribution in [-0.2, 0) is 0 Å². The van der Waals surface area contributed by atoms with Crippen molar-refractivity contribution in [3.63, 3.8) is 0 Å². The van der Waals surface area contributed by atoms with E-state index in [4.69, 9.17) is 16.3 Å². The molecule has 7 nitrogen and oxygen atoms in total. The minimum Gasteiger partial charge on any atom is -0.496 e. The number of aromatic nitrogens is 4. The van der Waals surface area contributed by atoms with Crippen LogP contribution in [0.5, 0.6) is 5.75 Å². The second kappa shape index (κ2) is 9.12. The van der Waals surface area contributed by atoms with Gasteiger partial charge in [-0.25, -0.2) is 23.4 Å². The number of ether oxygens (including phenoxy) is 1. The maximum absolute atomic E-state index is 15.2. The van der Waals surface area contributed by atoms with E-state index in [1.54, 1.807) is 18.5 Å². The molecule has 3 heterocycles. The molecule has 4 rings (SSSR count). The van der Waals surface area contributed by atoms with E-state index in [1.165, 1.54) is 26.4 Å². The molecule has 3 atom stereocenters. The molecule has 10 heteroatoms. The van der Waals surface area contributed by atoms with Crippen molar-refractivity contribution in [2.45, 2.75) is 51.9 Å². The molecule has 1 N–H and O–H groups in total. The summed E-state index contributed by atoms with van der Waals surface area (Å²) < 4.78 is 36.9. The second-order valence-electron chi connectivity index (χ2n) is 8.75. The van der Waals surface area contributed by atoms with Gasteiger partial charge in [0.05, 0.1) is 35.4 Å². The second-order valence-corrected chi connectivity index (χ2v) is 9.16. The third-order valence-corrected chi connectivity index (χ3v) is 6.50. The Kier molecular flexibility index (Phi) is 6.57. The summed E-state index contributed by atoms with van der Waals surface area (Å²) in [5.74, 6) is -0.230. The molecule has 33 heavy (non-hydrogen) atoms. The maximum Gasteiger partial charge on any atom is 0.162 e. The zero-order chi connectivity index (χ0) is 24.0. The smallest absolute Gasteiger partial charge is 0.162 e. The molecule has 1 saturated heterocycles. The number of likely N-dealkylation sites (tertiary alicyclic amines) is 1. The first-order chi connectivity index (χ1) is 15.6. The van der Waals surface area contributed by atoms with Crippen molar-refractivity contribution in [1.29, 1.82) is 0 Å². The molecule has 1 aromatic carbocycles. The molecule has 178 valence electrons. The number of methoxy groups -OCH3 is 1. The Bertz CT molecular complexity index is 1180. The summed E-state index contributed by atoms with van der Waals surface area (Å²) in [6.45, 7) is 8.50. The monoisotopic (exact) mass is 479 g/mol. The molecule has 0 spiro atoms. The van der Waals surface area contributed by atoms with Crippen LogP contribution in [0.4, 0.5) is 8.78 Å². The molecule has 0 bridgehead atoms. The fourth-order valence-electron chi connectivity index (χ4n) is 4.66. The van der Waals surface area contributed by atoms with Gasteiger partial charge in [-0.15, -0.1) is 0 Å². The summed E-state index contributed by atoms with van der Waals surface area (Å²) >= 11 is 6.32. The number of hydrogen-bond donors (Lipinski definition) is 1. The van der Waals surface area contributed by atoms with Crippen LogP contribution in [0.15, 0.2) is 12.4 Å². The van der Waals surface area contributed by atoms with Crippen LogP contribution in [-0.4, -0.2) is 62.6 Å². The van der Waals surface area contributed by atoms with Crippen LogP contribution in [0.2, 0.25) is 5.02 Å². The Morgan fingerprint density at radius 3 is 2.58 bits per heavy atom. The van der Waals surface area contributed by atoms with E-state index < -0.39 is 24.1 Å². The molecular formula is C23H28ClF2N5O2. The van der Waals surface area contributed by atoms with Crippen LogP contribution in [0.3, 0.4) is 0 Å². The van der Waals surface area contributed by atoms with Crippen LogP contribution >= 0.6 is 11.6 Å². The summed E-state index contributed by atoms with van der Waals surface area (Å²) in [6.07, 6.45) is -0.353. The van der Waals surface area contributed by atoms with Gasteiger partial charge in [-0.3, -0.25) is 4.90 Å². The number of aryl methyl sites for hydroxylation is 1. The largest absolute Gasteiger partial charge is 0.496 e. The van der Waals surface area contributed by atoms with Gasteiger partial charge >= 0.3 is 0 Å². The van der Waals surface area contributed by atoms with Crippen molar-refractivity contribution in [2.75, 3.05) is 26.7 Å². The summed E-state index contributed by atoms with van der Waals surface area (Å²) in [4.78, 5) is 10.6. The first kappa shape index (κ1) is 23.8. The number of rotatable bonds is 7. The van der Waals surface area contributed by atoms with Crippen molar-refractivity contribution < 1.29 is 18.6 Å². The van der Waals surface area contributed by atoms with E-state index in [-0.39, 0.29) is 16.6 Å². The third kappa shape index (κ3) is 4.18. The SMILES string of the molecule is COc1c(C(C)n2nc(C(C)F)c3c(C)ncnc32)cc(Cl)c(F)c1C1CN(C[C@H](C)O)C1. The minimum absolute atomic E-state index is 0.0111. The van der Waals surface area contributed by atoms with Gasteiger partial charge in [-0.2, -0.15) is 5.10 Å². The standard InChI is InChI=1S/C23H28ClF2N5O2/c1-11(32)7-30-8-15(9-30)19-20(26)17(24)6-16(22(19)33-5)14(4)31-23-18(13(3)27-10-28-23)21(29-31)12(2)25/h6,10-12,14-15,32H,7-9H2,1-5H3/t11-,12?,14?/m0/s1. The lowest BCUT2D eigenvalue weighted by Crippen LogP contribution is -2.48. The fraction of sp³-hybridized carbons (Fsp3) is 0.522. The van der Waals surface area contributed by atoms with Gasteiger partial charge in [0.1, 0.15) is 29.8 Å². The van der Waals surface area contributed by atoms with Gasteiger partial charge in [-0.05, 0) is 33.8 Å². The lowest BCUT2D eigenvalue weighted by Gasteiger charge is -2.41. The predicted molar refractivity (Wildman–Crippen MR) is 122 cm³/mol. The highest BCUT2D eigenvalue weighted by molar-refractivity contribution is 6.31. The highest BCUT2D eigenvalue weighted by Crippen LogP contribution is 2.43. The summed E-state index contributed by atoms with van der Waals surface area (Å²) in [6, 6.07) is 1.07. The Hall–Kier alpha value is -2.36. The molecule has 3 aromatic rings. The van der Waals surface area contributed by atoms with E-state index in [0.717, 1.165) is 0 Å². The van der Waals surface area contributed by atoms with Crippen LogP contribution in [0.25, 0.3) is 11.0 Å². The highest BCUT2D eigenvalue weighted by Gasteiger charge is 2.36. The van der Waals surface area contributed by atoms with Gasteiger partial charge in [-0.1, -0.05) is 11.6 Å². The minimum atomic E-state index is -1.31. The van der Waals surface area contributed by atoms with Crippen LogP contribution < -0.4 is 4.74 Å². The topological polar surface area (TPSA) is 76.3 Å². The number of benzene rings is 1. The van der Waals surface area contributed by atoms with Crippen molar-refractivity contribution >= 4 is 22.6 Å². The van der Waals surface area contributed by atoms with E-state index >= 15 is 4.39 Å². The number of halogens is 3. The lowest BCUT2D eigenvalue weighted by molar-refractivity contribution is 0.0723. The zero-order valence-corrected chi connectivity index (χ0v) is 20.1. The Morgan fingerprint density at radius 1 is 1.27 bits per heavy atom. The van der Waals surface area contributed by atoms with Crippen LogP contribution in [0, 0.1) is 12.7 Å². The molecule has 1 aliphatic rings. The third-order valence-electron chi connectivity index (χ3n) is 6.23.